The standard InChI is InChI=1S/C13H12N2O3S/c16-12(7-19-8-13(17)18)15-11-3-1-2-9-4-5-14-6-10(9)11/h1-6H,7-8H2,(H,15,16)(H,17,18). The molecule has 0 bridgehead atoms. The van der Waals surface area contributed by atoms with Gasteiger partial charge in [0.05, 0.1) is 17.2 Å². The molecule has 0 fully saturated rings. The predicted molar refractivity (Wildman–Crippen MR) is 75.3 cm³/mol. The molecule has 1 aromatic carbocycles. The second-order valence-electron chi connectivity index (χ2n) is 3.84. The summed E-state index contributed by atoms with van der Waals surface area (Å²) in [5.41, 5.74) is 0.687. The monoisotopic (exact) mass is 276 g/mol. The van der Waals surface area contributed by atoms with Crippen molar-refractivity contribution in [2.24, 2.45) is 0 Å². The van der Waals surface area contributed by atoms with E-state index in [9.17, 15) is 9.59 Å². The zero-order valence-corrected chi connectivity index (χ0v) is 10.8. The van der Waals surface area contributed by atoms with Gasteiger partial charge < -0.3 is 10.4 Å². The molecule has 98 valence electrons. The highest BCUT2D eigenvalue weighted by Crippen LogP contribution is 2.22. The van der Waals surface area contributed by atoms with Gasteiger partial charge in [-0.2, -0.15) is 0 Å². The number of fused-ring (bicyclic) bond motifs is 1. The molecule has 2 rings (SSSR count). The van der Waals surface area contributed by atoms with Gasteiger partial charge in [-0.15, -0.1) is 11.8 Å². The second kappa shape index (κ2) is 6.19. The van der Waals surface area contributed by atoms with Gasteiger partial charge in [0.1, 0.15) is 0 Å². The summed E-state index contributed by atoms with van der Waals surface area (Å²) in [7, 11) is 0. The molecule has 1 amide bonds. The zero-order valence-electron chi connectivity index (χ0n) is 10.00. The molecule has 5 nitrogen and oxygen atoms in total. The van der Waals surface area contributed by atoms with Crippen LogP contribution in [0.1, 0.15) is 0 Å². The van der Waals surface area contributed by atoms with E-state index in [4.69, 9.17) is 5.11 Å². The number of hydrogen-bond acceptors (Lipinski definition) is 4. The van der Waals surface area contributed by atoms with Crippen molar-refractivity contribution < 1.29 is 14.7 Å². The number of carbonyl (C=O) groups is 2. The van der Waals surface area contributed by atoms with E-state index >= 15 is 0 Å². The Hall–Kier alpha value is -2.08. The van der Waals surface area contributed by atoms with E-state index in [-0.39, 0.29) is 17.4 Å². The first kappa shape index (κ1) is 13.4. The lowest BCUT2D eigenvalue weighted by Crippen LogP contribution is -2.15. The number of carboxylic acids is 1. The minimum absolute atomic E-state index is 0.0789. The van der Waals surface area contributed by atoms with Crippen LogP contribution < -0.4 is 5.32 Å². The van der Waals surface area contributed by atoms with Crippen molar-refractivity contribution in [2.75, 3.05) is 16.8 Å². The van der Waals surface area contributed by atoms with Crippen LogP contribution in [0.5, 0.6) is 0 Å². The van der Waals surface area contributed by atoms with E-state index in [1.807, 2.05) is 18.2 Å². The molecule has 0 atom stereocenters. The molecule has 0 aliphatic carbocycles. The van der Waals surface area contributed by atoms with Crippen molar-refractivity contribution in [1.29, 1.82) is 0 Å². The van der Waals surface area contributed by atoms with E-state index in [0.717, 1.165) is 22.5 Å². The summed E-state index contributed by atoms with van der Waals surface area (Å²) < 4.78 is 0. The van der Waals surface area contributed by atoms with Crippen LogP contribution in [0.2, 0.25) is 0 Å². The topological polar surface area (TPSA) is 79.3 Å². The Morgan fingerprint density at radius 2 is 2.11 bits per heavy atom. The maximum Gasteiger partial charge on any atom is 0.313 e. The number of benzene rings is 1. The number of pyridine rings is 1. The van der Waals surface area contributed by atoms with Gasteiger partial charge in [-0.25, -0.2) is 0 Å². The number of nitrogens with zero attached hydrogens (tertiary/aromatic N) is 1. The van der Waals surface area contributed by atoms with Crippen molar-refractivity contribution in [1.82, 2.24) is 4.98 Å². The first-order valence-corrected chi connectivity index (χ1v) is 6.74. The van der Waals surface area contributed by atoms with Gasteiger partial charge in [-0.05, 0) is 17.5 Å². The summed E-state index contributed by atoms with van der Waals surface area (Å²) in [6, 6.07) is 7.45. The molecular weight excluding hydrogens is 264 g/mol. The Labute approximate surface area is 114 Å². The summed E-state index contributed by atoms with van der Waals surface area (Å²) in [4.78, 5) is 26.1. The fourth-order valence-corrected chi connectivity index (χ4v) is 2.17. The summed E-state index contributed by atoms with van der Waals surface area (Å²) in [5, 5.41) is 13.1. The number of nitrogens with one attached hydrogen (secondary N) is 1. The maximum atomic E-state index is 11.7. The van der Waals surface area contributed by atoms with Crippen LogP contribution in [-0.4, -0.2) is 33.5 Å². The van der Waals surface area contributed by atoms with Crippen molar-refractivity contribution >= 4 is 40.1 Å². The molecule has 19 heavy (non-hydrogen) atoms. The van der Waals surface area contributed by atoms with E-state index in [0.29, 0.717) is 5.69 Å². The molecule has 1 heterocycles. The molecule has 0 unspecified atom stereocenters. The SMILES string of the molecule is O=C(O)CSCC(=O)Nc1cccc2ccncc12. The van der Waals surface area contributed by atoms with E-state index in [1.165, 1.54) is 0 Å². The smallest absolute Gasteiger partial charge is 0.313 e. The van der Waals surface area contributed by atoms with Crippen LogP contribution in [0.4, 0.5) is 5.69 Å². The summed E-state index contributed by atoms with van der Waals surface area (Å²) in [5.74, 6) is -1.11. The van der Waals surface area contributed by atoms with Gasteiger partial charge in [0, 0.05) is 17.8 Å². The van der Waals surface area contributed by atoms with Crippen LogP contribution in [-0.2, 0) is 9.59 Å². The number of aliphatic carboxylic acids is 1. The molecule has 0 spiro atoms. The average molecular weight is 276 g/mol. The quantitative estimate of drug-likeness (QED) is 0.873. The number of thioether (sulfide) groups is 1. The van der Waals surface area contributed by atoms with Gasteiger partial charge in [0.2, 0.25) is 5.91 Å². The third kappa shape index (κ3) is 3.69. The highest BCUT2D eigenvalue weighted by atomic mass is 32.2. The van der Waals surface area contributed by atoms with Gasteiger partial charge in [0.15, 0.2) is 0 Å². The molecular formula is C13H12N2O3S. The van der Waals surface area contributed by atoms with E-state index in [2.05, 4.69) is 10.3 Å². The molecule has 0 aliphatic rings. The fourth-order valence-electron chi connectivity index (χ4n) is 1.64. The summed E-state index contributed by atoms with van der Waals surface area (Å²) in [6.07, 6.45) is 3.38. The Balaban J connectivity index is 2.05. The van der Waals surface area contributed by atoms with E-state index < -0.39 is 5.97 Å². The Kier molecular flexibility index (Phi) is 4.35. The maximum absolute atomic E-state index is 11.7. The van der Waals surface area contributed by atoms with Crippen LogP contribution >= 0.6 is 11.8 Å². The number of amides is 1. The summed E-state index contributed by atoms with van der Waals surface area (Å²) in [6.45, 7) is 0. The van der Waals surface area contributed by atoms with Crippen LogP contribution in [0.15, 0.2) is 36.7 Å². The zero-order chi connectivity index (χ0) is 13.7. The Bertz CT molecular complexity index is 610. The lowest BCUT2D eigenvalue weighted by Gasteiger charge is -2.07. The largest absolute Gasteiger partial charge is 0.481 e. The number of anilines is 1. The molecule has 6 heteroatoms. The first-order valence-electron chi connectivity index (χ1n) is 5.59. The fraction of sp³-hybridized carbons (Fsp3) is 0.154. The van der Waals surface area contributed by atoms with Crippen molar-refractivity contribution in [3.8, 4) is 0 Å². The van der Waals surface area contributed by atoms with Gasteiger partial charge >= 0.3 is 5.97 Å². The average Bonchev–Trinajstić information content (AvgIpc) is 2.39. The number of carboxylic acid groups (broad SMARTS) is 1. The number of hydrogen-bond donors (Lipinski definition) is 2. The summed E-state index contributed by atoms with van der Waals surface area (Å²) >= 11 is 1.07. The number of carbonyl (C=O) groups excluding carboxylic acids is 1. The molecule has 1 aromatic heterocycles. The highest BCUT2D eigenvalue weighted by Gasteiger charge is 2.07. The van der Waals surface area contributed by atoms with Crippen LogP contribution in [0.3, 0.4) is 0 Å². The Morgan fingerprint density at radius 3 is 2.89 bits per heavy atom. The van der Waals surface area contributed by atoms with Gasteiger partial charge in [0.25, 0.3) is 0 Å². The lowest BCUT2D eigenvalue weighted by molar-refractivity contribution is -0.133. The first-order chi connectivity index (χ1) is 9.16. The third-order valence-corrected chi connectivity index (χ3v) is 3.33. The molecule has 0 saturated carbocycles. The predicted octanol–water partition coefficient (Wildman–Crippen LogP) is 1.99. The van der Waals surface area contributed by atoms with Crippen molar-refractivity contribution in [2.45, 2.75) is 0 Å². The van der Waals surface area contributed by atoms with Crippen LogP contribution in [0.25, 0.3) is 10.8 Å². The lowest BCUT2D eigenvalue weighted by atomic mass is 10.1. The van der Waals surface area contributed by atoms with Gasteiger partial charge in [-0.3, -0.25) is 14.6 Å². The highest BCUT2D eigenvalue weighted by molar-refractivity contribution is 8.00. The number of aromatic nitrogens is 1. The molecule has 2 N–H and O–H groups in total. The molecule has 2 aromatic rings. The number of rotatable bonds is 5. The molecule has 0 aliphatic heterocycles. The van der Waals surface area contributed by atoms with E-state index in [1.54, 1.807) is 18.5 Å². The minimum Gasteiger partial charge on any atom is -0.481 e. The van der Waals surface area contributed by atoms with Crippen molar-refractivity contribution in [3.05, 3.63) is 36.7 Å². The minimum atomic E-state index is -0.924. The normalized spacial score (nSPS) is 10.3. The van der Waals surface area contributed by atoms with Crippen molar-refractivity contribution in [3.63, 3.8) is 0 Å². The van der Waals surface area contributed by atoms with Gasteiger partial charge in [-0.1, -0.05) is 12.1 Å². The second-order valence-corrected chi connectivity index (χ2v) is 4.82. The Morgan fingerprint density at radius 1 is 1.26 bits per heavy atom. The molecule has 0 saturated heterocycles. The third-order valence-electron chi connectivity index (χ3n) is 2.42. The molecule has 0 radical (unpaired) electrons. The van der Waals surface area contributed by atoms with Crippen LogP contribution in [0, 0.1) is 0 Å².